The summed E-state index contributed by atoms with van der Waals surface area (Å²) >= 11 is 0. The first-order valence-corrected chi connectivity index (χ1v) is 8.49. The summed E-state index contributed by atoms with van der Waals surface area (Å²) in [7, 11) is 1.38. The Balaban J connectivity index is 1.56. The van der Waals surface area contributed by atoms with Gasteiger partial charge in [0.05, 0.1) is 13.5 Å². The second-order valence-electron chi connectivity index (χ2n) is 5.87. The van der Waals surface area contributed by atoms with E-state index in [-0.39, 0.29) is 24.7 Å². The van der Waals surface area contributed by atoms with E-state index in [2.05, 4.69) is 17.1 Å². The molecule has 0 saturated carbocycles. The SMILES string of the molecule is CCc1ccc(-c2noc(COC(=O)Cc3ccc(OC)c(F)c3)n2)cc1. The van der Waals surface area contributed by atoms with E-state index in [0.717, 1.165) is 12.0 Å². The molecule has 6 nitrogen and oxygen atoms in total. The van der Waals surface area contributed by atoms with E-state index in [4.69, 9.17) is 14.0 Å². The molecule has 0 saturated heterocycles. The van der Waals surface area contributed by atoms with Crippen molar-refractivity contribution in [1.82, 2.24) is 10.1 Å². The van der Waals surface area contributed by atoms with Gasteiger partial charge in [0.15, 0.2) is 18.2 Å². The fourth-order valence-electron chi connectivity index (χ4n) is 2.50. The number of carbonyl (C=O) groups is 1. The van der Waals surface area contributed by atoms with E-state index < -0.39 is 11.8 Å². The number of halogens is 1. The number of nitrogens with zero attached hydrogens (tertiary/aromatic N) is 2. The average Bonchev–Trinajstić information content (AvgIpc) is 3.16. The molecular formula is C20H19FN2O4. The number of aryl methyl sites for hydroxylation is 1. The second-order valence-corrected chi connectivity index (χ2v) is 5.87. The highest BCUT2D eigenvalue weighted by Crippen LogP contribution is 2.19. The topological polar surface area (TPSA) is 74.5 Å². The van der Waals surface area contributed by atoms with Gasteiger partial charge in [-0.3, -0.25) is 4.79 Å². The lowest BCUT2D eigenvalue weighted by Gasteiger charge is -2.05. The summed E-state index contributed by atoms with van der Waals surface area (Å²) in [5.41, 5.74) is 2.52. The van der Waals surface area contributed by atoms with Crippen LogP contribution >= 0.6 is 0 Å². The van der Waals surface area contributed by atoms with Crippen molar-refractivity contribution in [2.45, 2.75) is 26.4 Å². The Bertz CT molecular complexity index is 922. The second kappa shape index (κ2) is 8.44. The number of carbonyl (C=O) groups excluding carboxylic acids is 1. The van der Waals surface area contributed by atoms with Gasteiger partial charge in [0.25, 0.3) is 5.89 Å². The van der Waals surface area contributed by atoms with Gasteiger partial charge in [-0.1, -0.05) is 42.4 Å². The van der Waals surface area contributed by atoms with E-state index in [9.17, 15) is 9.18 Å². The van der Waals surface area contributed by atoms with Gasteiger partial charge < -0.3 is 14.0 Å². The number of benzene rings is 2. The molecule has 0 N–H and O–H groups in total. The number of methoxy groups -OCH3 is 1. The lowest BCUT2D eigenvalue weighted by atomic mass is 10.1. The molecule has 0 aliphatic carbocycles. The van der Waals surface area contributed by atoms with Crippen molar-refractivity contribution in [3.8, 4) is 17.1 Å². The third-order valence-corrected chi connectivity index (χ3v) is 4.01. The number of rotatable bonds is 7. The number of hydrogen-bond donors (Lipinski definition) is 0. The zero-order valence-corrected chi connectivity index (χ0v) is 15.1. The first kappa shape index (κ1) is 18.6. The Hall–Kier alpha value is -3.22. The predicted octanol–water partition coefficient (Wildman–Crippen LogP) is 3.73. The van der Waals surface area contributed by atoms with Crippen LogP contribution in [0.25, 0.3) is 11.4 Å². The molecule has 0 unspecified atom stereocenters. The molecule has 3 rings (SSSR count). The molecule has 1 heterocycles. The zero-order valence-electron chi connectivity index (χ0n) is 15.1. The van der Waals surface area contributed by atoms with Crippen molar-refractivity contribution in [2.75, 3.05) is 7.11 Å². The molecule has 0 aliphatic heterocycles. The Morgan fingerprint density at radius 3 is 2.56 bits per heavy atom. The van der Waals surface area contributed by atoms with E-state index in [0.29, 0.717) is 11.4 Å². The molecule has 0 atom stereocenters. The Kier molecular flexibility index (Phi) is 5.80. The van der Waals surface area contributed by atoms with Crippen molar-refractivity contribution in [3.05, 3.63) is 65.3 Å². The first-order chi connectivity index (χ1) is 13.1. The Morgan fingerprint density at radius 2 is 1.89 bits per heavy atom. The lowest BCUT2D eigenvalue weighted by Crippen LogP contribution is -2.08. The summed E-state index contributed by atoms with van der Waals surface area (Å²) in [6, 6.07) is 12.1. The van der Waals surface area contributed by atoms with Crippen LogP contribution in [0.3, 0.4) is 0 Å². The van der Waals surface area contributed by atoms with Crippen LogP contribution in [0.2, 0.25) is 0 Å². The van der Waals surface area contributed by atoms with Gasteiger partial charge in [-0.15, -0.1) is 0 Å². The molecule has 27 heavy (non-hydrogen) atoms. The van der Waals surface area contributed by atoms with Gasteiger partial charge in [-0.05, 0) is 29.7 Å². The van der Waals surface area contributed by atoms with Crippen molar-refractivity contribution in [3.63, 3.8) is 0 Å². The monoisotopic (exact) mass is 370 g/mol. The minimum absolute atomic E-state index is 0.0691. The largest absolute Gasteiger partial charge is 0.494 e. The predicted molar refractivity (Wildman–Crippen MR) is 95.6 cm³/mol. The summed E-state index contributed by atoms with van der Waals surface area (Å²) in [4.78, 5) is 16.2. The molecule has 2 aromatic carbocycles. The molecule has 3 aromatic rings. The first-order valence-electron chi connectivity index (χ1n) is 8.49. The third kappa shape index (κ3) is 4.69. The third-order valence-electron chi connectivity index (χ3n) is 4.01. The lowest BCUT2D eigenvalue weighted by molar-refractivity contribution is -0.144. The van der Waals surface area contributed by atoms with E-state index in [1.54, 1.807) is 6.07 Å². The standard InChI is InChI=1S/C20H19FN2O4/c1-3-13-4-7-15(8-5-13)20-22-18(27-23-20)12-26-19(24)11-14-6-9-17(25-2)16(21)10-14/h4-10H,3,11-12H2,1-2H3. The molecule has 0 bridgehead atoms. The molecule has 1 aromatic heterocycles. The quantitative estimate of drug-likeness (QED) is 0.590. The molecule has 140 valence electrons. The van der Waals surface area contributed by atoms with E-state index in [1.165, 1.54) is 24.8 Å². The van der Waals surface area contributed by atoms with Gasteiger partial charge in [0.1, 0.15) is 0 Å². The number of esters is 1. The summed E-state index contributed by atoms with van der Waals surface area (Å²) in [5, 5.41) is 3.89. The minimum atomic E-state index is -0.529. The fraction of sp³-hybridized carbons (Fsp3) is 0.250. The van der Waals surface area contributed by atoms with Crippen LogP contribution < -0.4 is 4.74 Å². The molecule has 7 heteroatoms. The zero-order chi connectivity index (χ0) is 19.2. The van der Waals surface area contributed by atoms with Crippen molar-refractivity contribution >= 4 is 5.97 Å². The highest BCUT2D eigenvalue weighted by molar-refractivity contribution is 5.72. The Morgan fingerprint density at radius 1 is 1.15 bits per heavy atom. The summed E-state index contributed by atoms with van der Waals surface area (Å²) in [6.07, 6.45) is 0.881. The van der Waals surface area contributed by atoms with Crippen LogP contribution in [0.1, 0.15) is 23.9 Å². The van der Waals surface area contributed by atoms with Crippen LogP contribution in [-0.4, -0.2) is 23.2 Å². The van der Waals surface area contributed by atoms with Crippen molar-refractivity contribution < 1.29 is 23.2 Å². The highest BCUT2D eigenvalue weighted by Gasteiger charge is 2.13. The molecule has 0 aliphatic rings. The average molecular weight is 370 g/mol. The number of hydrogen-bond acceptors (Lipinski definition) is 6. The Labute approximate surface area is 155 Å². The van der Waals surface area contributed by atoms with Crippen LogP contribution in [0.5, 0.6) is 5.75 Å². The fourth-order valence-corrected chi connectivity index (χ4v) is 2.50. The van der Waals surface area contributed by atoms with Crippen molar-refractivity contribution in [1.29, 1.82) is 0 Å². The molecule has 0 fully saturated rings. The van der Waals surface area contributed by atoms with Crippen LogP contribution in [0.15, 0.2) is 47.0 Å². The van der Waals surface area contributed by atoms with Crippen LogP contribution in [0, 0.1) is 5.82 Å². The minimum Gasteiger partial charge on any atom is -0.494 e. The van der Waals surface area contributed by atoms with Crippen LogP contribution in [0.4, 0.5) is 4.39 Å². The summed E-state index contributed by atoms with van der Waals surface area (Å²) in [6.45, 7) is 1.94. The molecule has 0 radical (unpaired) electrons. The maximum absolute atomic E-state index is 13.7. The van der Waals surface area contributed by atoms with E-state index >= 15 is 0 Å². The van der Waals surface area contributed by atoms with Gasteiger partial charge in [0, 0.05) is 5.56 Å². The summed E-state index contributed by atoms with van der Waals surface area (Å²) in [5.74, 6) is -0.303. The number of aromatic nitrogens is 2. The molecule has 0 amide bonds. The van der Waals surface area contributed by atoms with Gasteiger partial charge in [-0.25, -0.2) is 4.39 Å². The molecular weight excluding hydrogens is 351 g/mol. The number of ether oxygens (including phenoxy) is 2. The van der Waals surface area contributed by atoms with Gasteiger partial charge >= 0.3 is 5.97 Å². The van der Waals surface area contributed by atoms with Gasteiger partial charge in [0.2, 0.25) is 5.82 Å². The smallest absolute Gasteiger partial charge is 0.310 e. The summed E-state index contributed by atoms with van der Waals surface area (Å²) < 4.78 is 28.7. The maximum Gasteiger partial charge on any atom is 0.310 e. The molecule has 0 spiro atoms. The normalized spacial score (nSPS) is 10.6. The highest BCUT2D eigenvalue weighted by atomic mass is 19.1. The van der Waals surface area contributed by atoms with Gasteiger partial charge in [-0.2, -0.15) is 4.98 Å². The maximum atomic E-state index is 13.7. The van der Waals surface area contributed by atoms with E-state index in [1.807, 2.05) is 24.3 Å². The van der Waals surface area contributed by atoms with Crippen molar-refractivity contribution in [2.24, 2.45) is 0 Å². The van der Waals surface area contributed by atoms with Crippen LogP contribution in [-0.2, 0) is 29.0 Å².